The molecule has 19 heavy (non-hydrogen) atoms. The van der Waals surface area contributed by atoms with Crippen molar-refractivity contribution in [2.75, 3.05) is 7.05 Å². The van der Waals surface area contributed by atoms with Gasteiger partial charge in [0.2, 0.25) is 0 Å². The summed E-state index contributed by atoms with van der Waals surface area (Å²) in [4.78, 5) is 0. The second-order valence-corrected chi connectivity index (χ2v) is 4.27. The highest BCUT2D eigenvalue weighted by Gasteiger charge is 2.29. The Bertz CT molecular complexity index is 529. The largest absolute Gasteiger partial charge is 0.416 e. The highest BCUT2D eigenvalue weighted by molar-refractivity contribution is 5.24. The third-order valence-corrected chi connectivity index (χ3v) is 2.69. The molecule has 0 radical (unpaired) electrons. The van der Waals surface area contributed by atoms with Gasteiger partial charge in [0, 0.05) is 18.3 Å². The van der Waals surface area contributed by atoms with Crippen LogP contribution in [0.5, 0.6) is 0 Å². The Morgan fingerprint density at radius 2 is 1.84 bits per heavy atom. The Balaban J connectivity index is 2.06. The molecule has 0 fully saturated rings. The smallest absolute Gasteiger partial charge is 0.316 e. The summed E-state index contributed by atoms with van der Waals surface area (Å²) in [7, 11) is 1.84. The van der Waals surface area contributed by atoms with E-state index in [1.165, 1.54) is 12.1 Å². The van der Waals surface area contributed by atoms with Gasteiger partial charge in [0.25, 0.3) is 0 Å². The molecule has 0 atom stereocenters. The van der Waals surface area contributed by atoms with E-state index in [1.54, 1.807) is 10.9 Å². The van der Waals surface area contributed by atoms with E-state index in [9.17, 15) is 13.2 Å². The van der Waals surface area contributed by atoms with Crippen molar-refractivity contribution >= 4 is 0 Å². The van der Waals surface area contributed by atoms with Crippen LogP contribution in [0.4, 0.5) is 13.2 Å². The van der Waals surface area contributed by atoms with Crippen LogP contribution < -0.4 is 5.32 Å². The third kappa shape index (κ3) is 3.57. The number of hydrogen-bond acceptors (Lipinski definition) is 2. The lowest BCUT2D eigenvalue weighted by atomic mass is 10.1. The number of aromatic nitrogens is 2. The second-order valence-electron chi connectivity index (χ2n) is 4.27. The van der Waals surface area contributed by atoms with E-state index in [0.29, 0.717) is 13.1 Å². The summed E-state index contributed by atoms with van der Waals surface area (Å²) in [6.45, 7) is 1.18. The number of rotatable bonds is 4. The zero-order valence-corrected chi connectivity index (χ0v) is 10.4. The molecule has 0 bridgehead atoms. The van der Waals surface area contributed by atoms with E-state index < -0.39 is 11.7 Å². The molecule has 102 valence electrons. The summed E-state index contributed by atoms with van der Waals surface area (Å²) < 4.78 is 38.9. The minimum Gasteiger partial charge on any atom is -0.316 e. The maximum atomic E-state index is 12.4. The van der Waals surface area contributed by atoms with Gasteiger partial charge in [-0.15, -0.1) is 0 Å². The van der Waals surface area contributed by atoms with Crippen molar-refractivity contribution in [3.05, 3.63) is 53.3 Å². The van der Waals surface area contributed by atoms with Crippen molar-refractivity contribution in [3.8, 4) is 0 Å². The number of nitrogens with zero attached hydrogens (tertiary/aromatic N) is 2. The highest BCUT2D eigenvalue weighted by Crippen LogP contribution is 2.29. The second kappa shape index (κ2) is 5.44. The Kier molecular flexibility index (Phi) is 3.90. The molecule has 0 saturated heterocycles. The van der Waals surface area contributed by atoms with Gasteiger partial charge in [-0.25, -0.2) is 0 Å². The fourth-order valence-electron chi connectivity index (χ4n) is 1.77. The summed E-state index contributed by atoms with van der Waals surface area (Å²) in [5.41, 5.74) is 1.19. The molecule has 1 aromatic heterocycles. The van der Waals surface area contributed by atoms with Gasteiger partial charge in [-0.3, -0.25) is 4.68 Å². The monoisotopic (exact) mass is 269 g/mol. The molecule has 1 aromatic carbocycles. The van der Waals surface area contributed by atoms with Crippen LogP contribution >= 0.6 is 0 Å². The zero-order valence-electron chi connectivity index (χ0n) is 10.4. The van der Waals surface area contributed by atoms with Crippen molar-refractivity contribution in [2.24, 2.45) is 0 Å². The van der Waals surface area contributed by atoms with Crippen molar-refractivity contribution in [2.45, 2.75) is 19.3 Å². The van der Waals surface area contributed by atoms with Gasteiger partial charge in [0.05, 0.1) is 18.3 Å². The Morgan fingerprint density at radius 3 is 2.42 bits per heavy atom. The topological polar surface area (TPSA) is 29.9 Å². The first kappa shape index (κ1) is 13.6. The van der Waals surface area contributed by atoms with Crippen LogP contribution in [0.3, 0.4) is 0 Å². The van der Waals surface area contributed by atoms with Crippen LogP contribution in [0.2, 0.25) is 0 Å². The third-order valence-electron chi connectivity index (χ3n) is 2.69. The first-order chi connectivity index (χ1) is 8.99. The zero-order chi connectivity index (χ0) is 13.9. The molecule has 6 heteroatoms. The molecule has 1 N–H and O–H groups in total. The van der Waals surface area contributed by atoms with Crippen LogP contribution in [0, 0.1) is 0 Å². The van der Waals surface area contributed by atoms with Gasteiger partial charge in [0.15, 0.2) is 0 Å². The average Bonchev–Trinajstić information content (AvgIpc) is 2.77. The van der Waals surface area contributed by atoms with Crippen LogP contribution in [0.15, 0.2) is 36.7 Å². The van der Waals surface area contributed by atoms with Gasteiger partial charge in [-0.05, 0) is 24.7 Å². The number of halogens is 3. The summed E-state index contributed by atoms with van der Waals surface area (Å²) in [5.74, 6) is 0. The standard InChI is InChI=1S/C13H14F3N3/c1-17-6-11-7-18-19(9-11)8-10-2-4-12(5-3-10)13(14,15)16/h2-5,7,9,17H,6,8H2,1H3. The Labute approximate surface area is 109 Å². The molecule has 0 aliphatic heterocycles. The summed E-state index contributed by atoms with van der Waals surface area (Å²) in [5, 5.41) is 7.16. The Morgan fingerprint density at radius 1 is 1.16 bits per heavy atom. The molecule has 0 spiro atoms. The van der Waals surface area contributed by atoms with E-state index in [1.807, 2.05) is 13.2 Å². The van der Waals surface area contributed by atoms with Crippen molar-refractivity contribution < 1.29 is 13.2 Å². The van der Waals surface area contributed by atoms with Crippen LogP contribution in [-0.4, -0.2) is 16.8 Å². The van der Waals surface area contributed by atoms with Crippen LogP contribution in [0.1, 0.15) is 16.7 Å². The summed E-state index contributed by atoms with van der Waals surface area (Å²) in [6.07, 6.45) is -0.682. The molecule has 0 amide bonds. The lowest BCUT2D eigenvalue weighted by molar-refractivity contribution is -0.137. The first-order valence-corrected chi connectivity index (χ1v) is 5.81. The minimum absolute atomic E-state index is 0.460. The van der Waals surface area contributed by atoms with Crippen molar-refractivity contribution in [1.29, 1.82) is 0 Å². The number of hydrogen-bond donors (Lipinski definition) is 1. The fourth-order valence-corrected chi connectivity index (χ4v) is 1.77. The molecule has 0 aliphatic rings. The van der Waals surface area contributed by atoms with Crippen LogP contribution in [0.25, 0.3) is 0 Å². The maximum Gasteiger partial charge on any atom is 0.416 e. The van der Waals surface area contributed by atoms with E-state index in [2.05, 4.69) is 10.4 Å². The van der Waals surface area contributed by atoms with Gasteiger partial charge < -0.3 is 5.32 Å². The number of nitrogens with one attached hydrogen (secondary N) is 1. The summed E-state index contributed by atoms with van der Waals surface area (Å²) in [6, 6.07) is 5.13. The van der Waals surface area contributed by atoms with Gasteiger partial charge in [-0.1, -0.05) is 12.1 Å². The molecule has 0 saturated carbocycles. The van der Waals surface area contributed by atoms with E-state index in [0.717, 1.165) is 23.3 Å². The van der Waals surface area contributed by atoms with E-state index in [4.69, 9.17) is 0 Å². The molecular formula is C13H14F3N3. The van der Waals surface area contributed by atoms with Gasteiger partial charge in [0.1, 0.15) is 0 Å². The molecule has 0 aliphatic carbocycles. The predicted octanol–water partition coefficient (Wildman–Crippen LogP) is 2.67. The number of alkyl halides is 3. The molecule has 1 heterocycles. The fraction of sp³-hybridized carbons (Fsp3) is 0.308. The van der Waals surface area contributed by atoms with Gasteiger partial charge >= 0.3 is 6.18 Å². The maximum absolute atomic E-state index is 12.4. The molecule has 2 rings (SSSR count). The lowest BCUT2D eigenvalue weighted by Crippen LogP contribution is -2.06. The van der Waals surface area contributed by atoms with Gasteiger partial charge in [-0.2, -0.15) is 18.3 Å². The average molecular weight is 269 g/mol. The molecule has 0 unspecified atom stereocenters. The SMILES string of the molecule is CNCc1cnn(Cc2ccc(C(F)(F)F)cc2)c1. The minimum atomic E-state index is -4.29. The predicted molar refractivity (Wildman–Crippen MR) is 65.5 cm³/mol. The van der Waals surface area contributed by atoms with Crippen molar-refractivity contribution in [3.63, 3.8) is 0 Å². The highest BCUT2D eigenvalue weighted by atomic mass is 19.4. The van der Waals surface area contributed by atoms with E-state index >= 15 is 0 Å². The first-order valence-electron chi connectivity index (χ1n) is 5.81. The van der Waals surface area contributed by atoms with E-state index in [-0.39, 0.29) is 0 Å². The molecule has 3 nitrogen and oxygen atoms in total. The van der Waals surface area contributed by atoms with Crippen molar-refractivity contribution in [1.82, 2.24) is 15.1 Å². The number of benzene rings is 1. The Hall–Kier alpha value is -1.82. The lowest BCUT2D eigenvalue weighted by Gasteiger charge is -2.07. The molecular weight excluding hydrogens is 255 g/mol. The van der Waals surface area contributed by atoms with Crippen LogP contribution in [-0.2, 0) is 19.3 Å². The molecule has 2 aromatic rings. The summed E-state index contributed by atoms with van der Waals surface area (Å²) >= 11 is 0. The normalized spacial score (nSPS) is 11.8. The quantitative estimate of drug-likeness (QED) is 0.924.